The van der Waals surface area contributed by atoms with Crippen LogP contribution in [0.2, 0.25) is 0 Å². The third-order valence-corrected chi connectivity index (χ3v) is 7.49. The summed E-state index contributed by atoms with van der Waals surface area (Å²) in [4.78, 5) is 10.3. The molecule has 0 aliphatic carbocycles. The molecule has 0 N–H and O–H groups in total. The van der Waals surface area contributed by atoms with E-state index in [4.69, 9.17) is 14.4 Å². The molecule has 0 atom stereocenters. The van der Waals surface area contributed by atoms with Crippen molar-refractivity contribution in [1.82, 2.24) is 14.5 Å². The van der Waals surface area contributed by atoms with Gasteiger partial charge in [-0.25, -0.2) is 4.98 Å². The molecule has 0 bridgehead atoms. The molecule has 6 aromatic rings. The lowest BCUT2D eigenvalue weighted by molar-refractivity contribution is 0.573. The van der Waals surface area contributed by atoms with Gasteiger partial charge in [0, 0.05) is 22.4 Å². The van der Waals surface area contributed by atoms with Crippen molar-refractivity contribution in [3.8, 4) is 17.1 Å². The van der Waals surface area contributed by atoms with Crippen molar-refractivity contribution >= 4 is 33.0 Å². The van der Waals surface area contributed by atoms with Crippen LogP contribution in [0.4, 0.5) is 0 Å². The standard InChI is InChI=1S/C34H35N3O/c1-20(2)22-13-10-14-23(21(3)4)29(22)37-30-27(18-19-35-32(30)34(5,6)7)36-33(37)26-16-11-15-25-24-12-8-9-17-28(24)38-31(25)26/h8-21H,1-7H3. The summed E-state index contributed by atoms with van der Waals surface area (Å²) < 4.78 is 8.89. The van der Waals surface area contributed by atoms with Gasteiger partial charge in [-0.1, -0.05) is 97.0 Å². The highest BCUT2D eigenvalue weighted by atomic mass is 16.3. The van der Waals surface area contributed by atoms with E-state index < -0.39 is 0 Å². The van der Waals surface area contributed by atoms with E-state index in [1.807, 2.05) is 24.4 Å². The predicted molar refractivity (Wildman–Crippen MR) is 158 cm³/mol. The molecule has 3 aromatic carbocycles. The van der Waals surface area contributed by atoms with Crippen LogP contribution in [0.25, 0.3) is 50.0 Å². The molecule has 192 valence electrons. The van der Waals surface area contributed by atoms with Gasteiger partial charge in [-0.2, -0.15) is 0 Å². The maximum atomic E-state index is 6.51. The summed E-state index contributed by atoms with van der Waals surface area (Å²) in [7, 11) is 0. The van der Waals surface area contributed by atoms with Crippen LogP contribution in [0.1, 0.15) is 77.1 Å². The van der Waals surface area contributed by atoms with Crippen LogP contribution in [0.5, 0.6) is 0 Å². The molecule has 0 saturated carbocycles. The monoisotopic (exact) mass is 501 g/mol. The number of aromatic nitrogens is 3. The zero-order chi connectivity index (χ0) is 26.8. The van der Waals surface area contributed by atoms with E-state index in [2.05, 4.69) is 102 Å². The first-order chi connectivity index (χ1) is 18.2. The number of hydrogen-bond acceptors (Lipinski definition) is 3. The third-order valence-electron chi connectivity index (χ3n) is 7.49. The fraction of sp³-hybridized carbons (Fsp3) is 0.294. The summed E-state index contributed by atoms with van der Waals surface area (Å²) in [5, 5.41) is 2.22. The second-order valence-electron chi connectivity index (χ2n) is 11.9. The Bertz CT molecular complexity index is 1790. The number of para-hydroxylation sites is 3. The molecule has 38 heavy (non-hydrogen) atoms. The smallest absolute Gasteiger partial charge is 0.149 e. The van der Waals surface area contributed by atoms with Gasteiger partial charge in [-0.05, 0) is 41.2 Å². The number of benzene rings is 3. The molecule has 0 amide bonds. The summed E-state index contributed by atoms with van der Waals surface area (Å²) in [6.07, 6.45) is 1.89. The molecule has 4 heteroatoms. The Morgan fingerprint density at radius 1 is 0.763 bits per heavy atom. The number of pyridine rings is 1. The molecule has 3 aromatic heterocycles. The summed E-state index contributed by atoms with van der Waals surface area (Å²) in [6.45, 7) is 15.8. The lowest BCUT2D eigenvalue weighted by Gasteiger charge is -2.25. The van der Waals surface area contributed by atoms with Gasteiger partial charge < -0.3 is 4.42 Å². The number of furan rings is 1. The van der Waals surface area contributed by atoms with Crippen molar-refractivity contribution in [1.29, 1.82) is 0 Å². The maximum Gasteiger partial charge on any atom is 0.149 e. The van der Waals surface area contributed by atoms with Gasteiger partial charge in [0.05, 0.1) is 28.0 Å². The van der Waals surface area contributed by atoms with E-state index in [0.29, 0.717) is 11.8 Å². The predicted octanol–water partition coefficient (Wildman–Crippen LogP) is 9.53. The Morgan fingerprint density at radius 2 is 1.42 bits per heavy atom. The minimum atomic E-state index is -0.162. The molecular weight excluding hydrogens is 466 g/mol. The van der Waals surface area contributed by atoms with Crippen molar-refractivity contribution < 1.29 is 4.42 Å². The largest absolute Gasteiger partial charge is 0.455 e. The van der Waals surface area contributed by atoms with Crippen LogP contribution in [0.3, 0.4) is 0 Å². The van der Waals surface area contributed by atoms with Crippen molar-refractivity contribution in [2.24, 2.45) is 0 Å². The summed E-state index contributed by atoms with van der Waals surface area (Å²) in [5.74, 6) is 1.56. The van der Waals surface area contributed by atoms with Crippen molar-refractivity contribution in [3.05, 3.63) is 89.7 Å². The molecular formula is C34H35N3O. The Balaban J connectivity index is 1.83. The first kappa shape index (κ1) is 24.4. The Labute approximate surface area is 224 Å². The van der Waals surface area contributed by atoms with E-state index in [1.54, 1.807) is 0 Å². The quantitative estimate of drug-likeness (QED) is 0.241. The molecule has 0 aliphatic heterocycles. The van der Waals surface area contributed by atoms with Crippen LogP contribution in [-0.2, 0) is 5.41 Å². The van der Waals surface area contributed by atoms with Crippen molar-refractivity contribution in [2.75, 3.05) is 0 Å². The zero-order valence-electron chi connectivity index (χ0n) is 23.3. The number of hydrogen-bond donors (Lipinski definition) is 0. The number of imidazole rings is 1. The van der Waals surface area contributed by atoms with E-state index in [1.165, 1.54) is 16.8 Å². The second kappa shape index (κ2) is 8.83. The Morgan fingerprint density at radius 3 is 2.11 bits per heavy atom. The van der Waals surface area contributed by atoms with Gasteiger partial charge >= 0.3 is 0 Å². The highest BCUT2D eigenvalue weighted by Gasteiger charge is 2.29. The lowest BCUT2D eigenvalue weighted by atomic mass is 9.89. The molecule has 3 heterocycles. The zero-order valence-corrected chi connectivity index (χ0v) is 23.3. The Hall–Kier alpha value is -3.92. The number of fused-ring (bicyclic) bond motifs is 4. The average Bonchev–Trinajstić information content (AvgIpc) is 3.46. The SMILES string of the molecule is CC(C)c1cccc(C(C)C)c1-n1c(-c2cccc3c2oc2ccccc23)nc2ccnc(C(C)(C)C)c21. The summed E-state index contributed by atoms with van der Waals surface area (Å²) in [6, 6.07) is 23.4. The lowest BCUT2D eigenvalue weighted by Crippen LogP contribution is -2.17. The van der Waals surface area contributed by atoms with E-state index >= 15 is 0 Å². The van der Waals surface area contributed by atoms with E-state index in [9.17, 15) is 0 Å². The molecule has 0 aliphatic rings. The van der Waals surface area contributed by atoms with E-state index in [0.717, 1.165) is 50.1 Å². The van der Waals surface area contributed by atoms with Gasteiger partial charge in [0.2, 0.25) is 0 Å². The van der Waals surface area contributed by atoms with Crippen LogP contribution in [0, 0.1) is 0 Å². The molecule has 6 rings (SSSR count). The highest BCUT2D eigenvalue weighted by molar-refractivity contribution is 6.09. The van der Waals surface area contributed by atoms with Crippen molar-refractivity contribution in [2.45, 2.75) is 65.7 Å². The summed E-state index contributed by atoms with van der Waals surface area (Å²) in [5.41, 5.74) is 9.45. The molecule has 0 spiro atoms. The first-order valence-corrected chi connectivity index (χ1v) is 13.6. The van der Waals surface area contributed by atoms with Gasteiger partial charge in [0.25, 0.3) is 0 Å². The normalized spacial score (nSPS) is 12.6. The fourth-order valence-corrected chi connectivity index (χ4v) is 5.66. The Kier molecular flexibility index (Phi) is 5.68. The topological polar surface area (TPSA) is 43.9 Å². The maximum absolute atomic E-state index is 6.51. The number of rotatable bonds is 4. The van der Waals surface area contributed by atoms with Crippen LogP contribution in [-0.4, -0.2) is 14.5 Å². The fourth-order valence-electron chi connectivity index (χ4n) is 5.66. The molecule has 0 radical (unpaired) electrons. The van der Waals surface area contributed by atoms with Gasteiger partial charge in [-0.3, -0.25) is 9.55 Å². The molecule has 4 nitrogen and oxygen atoms in total. The van der Waals surface area contributed by atoms with Gasteiger partial charge in [0.1, 0.15) is 17.0 Å². The van der Waals surface area contributed by atoms with Crippen molar-refractivity contribution in [3.63, 3.8) is 0 Å². The molecule has 0 saturated heterocycles. The van der Waals surface area contributed by atoms with Gasteiger partial charge in [-0.15, -0.1) is 0 Å². The van der Waals surface area contributed by atoms with Gasteiger partial charge in [0.15, 0.2) is 0 Å². The van der Waals surface area contributed by atoms with Crippen LogP contribution >= 0.6 is 0 Å². The molecule has 0 unspecified atom stereocenters. The third kappa shape index (κ3) is 3.74. The second-order valence-corrected chi connectivity index (χ2v) is 11.9. The first-order valence-electron chi connectivity index (χ1n) is 13.6. The highest BCUT2D eigenvalue weighted by Crippen LogP contribution is 2.42. The molecule has 0 fully saturated rings. The van der Waals surface area contributed by atoms with Crippen LogP contribution < -0.4 is 0 Å². The van der Waals surface area contributed by atoms with Crippen LogP contribution in [0.15, 0.2) is 77.3 Å². The average molecular weight is 502 g/mol. The minimum Gasteiger partial charge on any atom is -0.455 e. The minimum absolute atomic E-state index is 0.162. The number of nitrogens with zero attached hydrogens (tertiary/aromatic N) is 3. The summed E-state index contributed by atoms with van der Waals surface area (Å²) >= 11 is 0. The van der Waals surface area contributed by atoms with E-state index in [-0.39, 0.29) is 5.41 Å².